The molecule has 0 amide bonds. The van der Waals surface area contributed by atoms with E-state index in [0.717, 1.165) is 87.2 Å². The normalized spacial score (nSPS) is 15.0. The number of ether oxygens (including phenoxy) is 1. The summed E-state index contributed by atoms with van der Waals surface area (Å²) >= 11 is 0. The molecule has 0 saturated carbocycles. The predicted molar refractivity (Wildman–Crippen MR) is 202 cm³/mol. The number of H-pyrrole nitrogens is 1. The highest BCUT2D eigenvalue weighted by Crippen LogP contribution is 2.38. The fourth-order valence-electron chi connectivity index (χ4n) is 6.36. The van der Waals surface area contributed by atoms with Crippen molar-refractivity contribution < 1.29 is 27.1 Å². The minimum atomic E-state index is -1.37. The number of nitrogens with two attached hydrogens (primary N) is 1. The van der Waals surface area contributed by atoms with Crippen LogP contribution in [0.3, 0.4) is 0 Å². The van der Waals surface area contributed by atoms with Crippen LogP contribution in [0.15, 0.2) is 24.3 Å². The summed E-state index contributed by atoms with van der Waals surface area (Å²) in [5.41, 5.74) is 11.3. The second-order valence-corrected chi connectivity index (χ2v) is 15.5. The summed E-state index contributed by atoms with van der Waals surface area (Å²) in [6.07, 6.45) is 9.16. The van der Waals surface area contributed by atoms with Crippen LogP contribution in [-0.2, 0) is 22.4 Å². The van der Waals surface area contributed by atoms with Gasteiger partial charge in [-0.2, -0.15) is 0 Å². The third kappa shape index (κ3) is 12.7. The van der Waals surface area contributed by atoms with Gasteiger partial charge in [-0.25, -0.2) is 22.5 Å². The molecule has 3 unspecified atom stereocenters. The van der Waals surface area contributed by atoms with Gasteiger partial charge in [-0.3, -0.25) is 4.79 Å². The number of carbonyl (C=O) groups excluding carboxylic acids is 1. The molecule has 3 atom stereocenters. The lowest BCUT2D eigenvalue weighted by atomic mass is 9.84. The molecule has 52 heavy (non-hydrogen) atoms. The number of carbonyl (C=O) groups is 1. The number of nitrogens with one attached hydrogen (secondary N) is 2. The Morgan fingerprint density at radius 3 is 2.37 bits per heavy atom. The summed E-state index contributed by atoms with van der Waals surface area (Å²) < 4.78 is 55.3. The number of aryl methyl sites for hydroxylation is 2. The Kier molecular flexibility index (Phi) is 16.8. The number of benzene rings is 2. The summed E-state index contributed by atoms with van der Waals surface area (Å²) in [5.74, 6) is -3.44. The van der Waals surface area contributed by atoms with E-state index in [1.54, 1.807) is 0 Å². The molecule has 2 aromatic carbocycles. The number of aromatic amines is 1. The molecular weight excluding hydrogens is 670 g/mol. The number of hydrogen-bond donors (Lipinski definition) is 3. The molecule has 0 bridgehead atoms. The third-order valence-electron chi connectivity index (χ3n) is 9.68. The Morgan fingerprint density at radius 2 is 1.71 bits per heavy atom. The maximum atomic E-state index is 12.4. The van der Waals surface area contributed by atoms with Gasteiger partial charge in [-0.05, 0) is 75.6 Å². The van der Waals surface area contributed by atoms with Crippen molar-refractivity contribution in [1.29, 1.82) is 0 Å². The molecule has 0 spiro atoms. The van der Waals surface area contributed by atoms with Gasteiger partial charge in [-0.15, -0.1) is 0 Å². The molecule has 1 aliphatic heterocycles. The number of anilines is 1. The van der Waals surface area contributed by atoms with Crippen LogP contribution in [0.2, 0.25) is 0 Å². The second-order valence-electron chi connectivity index (χ2n) is 15.5. The van der Waals surface area contributed by atoms with E-state index >= 15 is 0 Å². The molecule has 290 valence electrons. The fraction of sp³-hybridized carbons (Fsp3) is 0.610. The maximum absolute atomic E-state index is 12.4. The topological polar surface area (TPSA) is 96.3 Å². The zero-order valence-electron chi connectivity index (χ0n) is 32.5. The number of unbranched alkanes of at least 4 members (excludes halogenated alkanes) is 3. The zero-order valence-corrected chi connectivity index (χ0v) is 32.5. The highest BCUT2D eigenvalue weighted by atomic mass is 19.2. The van der Waals surface area contributed by atoms with E-state index in [1.165, 1.54) is 24.8 Å². The van der Waals surface area contributed by atoms with Gasteiger partial charge in [0.2, 0.25) is 0 Å². The van der Waals surface area contributed by atoms with Gasteiger partial charge in [0.05, 0.1) is 24.6 Å². The van der Waals surface area contributed by atoms with Crippen LogP contribution < -0.4 is 11.1 Å². The molecule has 0 saturated heterocycles. The number of Topliss-reactive ketones (excluding diaryl/α,β-unsaturated/α-hetero) is 1. The highest BCUT2D eigenvalue weighted by molar-refractivity contribution is 5.82. The first kappa shape index (κ1) is 43.1. The van der Waals surface area contributed by atoms with Gasteiger partial charge in [0.1, 0.15) is 17.8 Å². The number of halogens is 4. The number of aromatic nitrogens is 2. The molecule has 2 heterocycles. The molecule has 11 heteroatoms. The lowest BCUT2D eigenvalue weighted by molar-refractivity contribution is -0.125. The number of nitrogens with zero attached hydrogens (tertiary/aromatic N) is 2. The summed E-state index contributed by atoms with van der Waals surface area (Å²) in [6.45, 7) is 17.3. The predicted octanol–water partition coefficient (Wildman–Crippen LogP) is 9.68. The van der Waals surface area contributed by atoms with Crippen molar-refractivity contribution in [2.45, 2.75) is 112 Å². The maximum Gasteiger partial charge on any atom is 0.164 e. The average Bonchev–Trinajstić information content (AvgIpc) is 3.53. The van der Waals surface area contributed by atoms with Gasteiger partial charge in [-0.1, -0.05) is 66.5 Å². The lowest BCUT2D eigenvalue weighted by Gasteiger charge is -2.27. The van der Waals surface area contributed by atoms with E-state index in [0.29, 0.717) is 24.7 Å². The number of rotatable bonds is 19. The van der Waals surface area contributed by atoms with E-state index < -0.39 is 28.8 Å². The minimum Gasteiger partial charge on any atom is -0.381 e. The number of hydrogen-bond acceptors (Lipinski definition) is 6. The molecule has 0 radical (unpaired) electrons. The van der Waals surface area contributed by atoms with Crippen molar-refractivity contribution >= 4 is 11.5 Å². The Hall–Kier alpha value is -3.28. The summed E-state index contributed by atoms with van der Waals surface area (Å²) in [4.78, 5) is 23.1. The minimum absolute atomic E-state index is 0.105. The fourth-order valence-corrected chi connectivity index (χ4v) is 6.36. The van der Waals surface area contributed by atoms with Crippen molar-refractivity contribution in [3.63, 3.8) is 0 Å². The number of imidazole rings is 1. The molecule has 1 aliphatic rings. The van der Waals surface area contributed by atoms with E-state index in [2.05, 4.69) is 75.1 Å². The summed E-state index contributed by atoms with van der Waals surface area (Å²) in [5, 5.41) is 3.47. The number of ketones is 1. The van der Waals surface area contributed by atoms with Crippen molar-refractivity contribution in [3.05, 3.63) is 70.2 Å². The average molecular weight is 732 g/mol. The van der Waals surface area contributed by atoms with Crippen LogP contribution in [-0.4, -0.2) is 54.0 Å². The molecule has 0 fully saturated rings. The van der Waals surface area contributed by atoms with Crippen LogP contribution in [0.4, 0.5) is 23.2 Å². The molecule has 0 aliphatic carbocycles. The van der Waals surface area contributed by atoms with Crippen molar-refractivity contribution in [1.82, 2.24) is 14.9 Å². The second kappa shape index (κ2) is 20.3. The van der Waals surface area contributed by atoms with Crippen molar-refractivity contribution in [2.24, 2.45) is 23.0 Å². The van der Waals surface area contributed by atoms with Gasteiger partial charge in [0, 0.05) is 48.2 Å². The van der Waals surface area contributed by atoms with Crippen LogP contribution in [0.25, 0.3) is 11.3 Å². The van der Waals surface area contributed by atoms with E-state index in [9.17, 15) is 22.4 Å². The SMILES string of the molecule is CCCCc1nc2c([nH]1)C(N)Nc1cc(CCCCCN(C)CC(C)COCC(C)(C)CC(=O)C(C)CC)ccc1-2.Cc1c(F)c(F)cc(F)c1F. The lowest BCUT2D eigenvalue weighted by Crippen LogP contribution is -2.30. The first-order chi connectivity index (χ1) is 24.6. The molecular formula is C41H61F4N5O2. The van der Waals surface area contributed by atoms with Gasteiger partial charge >= 0.3 is 0 Å². The third-order valence-corrected chi connectivity index (χ3v) is 9.68. The quantitative estimate of drug-likeness (QED) is 0.0646. The van der Waals surface area contributed by atoms with Crippen LogP contribution in [0.5, 0.6) is 0 Å². The van der Waals surface area contributed by atoms with Gasteiger partial charge < -0.3 is 25.7 Å². The zero-order chi connectivity index (χ0) is 38.6. The highest BCUT2D eigenvalue weighted by Gasteiger charge is 2.27. The molecule has 3 aromatic rings. The van der Waals surface area contributed by atoms with E-state index in [1.807, 2.05) is 6.92 Å². The monoisotopic (exact) mass is 731 g/mol. The standard InChI is InChI=1S/C34H57N5O2.C7H4F4/c1-8-10-15-30-37-31-27-17-16-26(19-28(27)36-33(35)32(31)38-30)14-12-11-13-18-39(7)21-24(3)22-41-23-34(5,6)20-29(40)25(4)9-2;1-3-6(10)4(8)2-5(9)7(3)11/h16-17,19,24-25,33,36H,8-15,18,20-23,35H2,1-7H3,(H,37,38);2H,1H3. The molecule has 4 rings (SSSR count). The van der Waals surface area contributed by atoms with Gasteiger partial charge in [0.25, 0.3) is 0 Å². The van der Waals surface area contributed by atoms with Gasteiger partial charge in [0.15, 0.2) is 23.3 Å². The van der Waals surface area contributed by atoms with Crippen LogP contribution >= 0.6 is 0 Å². The van der Waals surface area contributed by atoms with E-state index in [4.69, 9.17) is 15.5 Å². The largest absolute Gasteiger partial charge is 0.381 e. The molecule has 1 aromatic heterocycles. The van der Waals surface area contributed by atoms with Crippen LogP contribution in [0, 0.1) is 47.4 Å². The molecule has 4 N–H and O–H groups in total. The summed E-state index contributed by atoms with van der Waals surface area (Å²) in [7, 11) is 2.21. The number of fused-ring (bicyclic) bond motifs is 3. The van der Waals surface area contributed by atoms with Crippen molar-refractivity contribution in [2.75, 3.05) is 38.7 Å². The van der Waals surface area contributed by atoms with E-state index in [-0.39, 0.29) is 23.6 Å². The van der Waals surface area contributed by atoms with Crippen molar-refractivity contribution in [3.8, 4) is 11.3 Å². The Bertz CT molecular complexity index is 1570. The summed E-state index contributed by atoms with van der Waals surface area (Å²) in [6, 6.07) is 6.89. The Labute approximate surface area is 308 Å². The smallest absolute Gasteiger partial charge is 0.164 e. The Morgan fingerprint density at radius 1 is 1.02 bits per heavy atom. The molecule has 7 nitrogen and oxygen atoms in total. The van der Waals surface area contributed by atoms with Crippen LogP contribution in [0.1, 0.15) is 115 Å². The first-order valence-corrected chi connectivity index (χ1v) is 18.9. The first-order valence-electron chi connectivity index (χ1n) is 18.9. The Balaban J connectivity index is 0.000000564.